The van der Waals surface area contributed by atoms with Gasteiger partial charge in [-0.05, 0) is 45.9 Å². The van der Waals surface area contributed by atoms with E-state index < -0.39 is 5.82 Å². The number of amides is 1. The molecule has 3 N–H and O–H groups in total. The molecule has 1 amide bonds. The van der Waals surface area contributed by atoms with Crippen molar-refractivity contribution >= 4 is 35.8 Å². The molecule has 0 aliphatic carbocycles. The van der Waals surface area contributed by atoms with Crippen molar-refractivity contribution in [2.75, 3.05) is 13.1 Å². The van der Waals surface area contributed by atoms with E-state index >= 15 is 0 Å². The van der Waals surface area contributed by atoms with Gasteiger partial charge in [-0.2, -0.15) is 5.26 Å². The molecule has 0 unspecified atom stereocenters. The first kappa shape index (κ1) is 23.1. The summed E-state index contributed by atoms with van der Waals surface area (Å²) in [5.74, 6) is -0.173. The van der Waals surface area contributed by atoms with Crippen molar-refractivity contribution in [3.63, 3.8) is 0 Å². The van der Waals surface area contributed by atoms with E-state index in [1.165, 1.54) is 18.2 Å². The van der Waals surface area contributed by atoms with Crippen LogP contribution in [0.1, 0.15) is 38.8 Å². The normalized spacial score (nSPS) is 11.1. The van der Waals surface area contributed by atoms with Crippen LogP contribution in [-0.4, -0.2) is 30.5 Å². The lowest BCUT2D eigenvalue weighted by molar-refractivity contribution is -0.121. The summed E-state index contributed by atoms with van der Waals surface area (Å²) in [6.45, 7) is 8.32. The van der Waals surface area contributed by atoms with Crippen LogP contribution in [0.5, 0.6) is 0 Å². The van der Waals surface area contributed by atoms with Gasteiger partial charge in [-0.1, -0.05) is 0 Å². The van der Waals surface area contributed by atoms with Gasteiger partial charge in [0.15, 0.2) is 5.96 Å². The Labute approximate surface area is 165 Å². The van der Waals surface area contributed by atoms with E-state index in [0.717, 1.165) is 0 Å². The molecule has 0 heterocycles. The van der Waals surface area contributed by atoms with Gasteiger partial charge in [0.1, 0.15) is 5.82 Å². The second-order valence-corrected chi connectivity index (χ2v) is 6.26. The van der Waals surface area contributed by atoms with Gasteiger partial charge in [-0.25, -0.2) is 9.38 Å². The number of guanidine groups is 1. The van der Waals surface area contributed by atoms with Crippen molar-refractivity contribution < 1.29 is 9.18 Å². The molecule has 0 atom stereocenters. The van der Waals surface area contributed by atoms with Crippen LogP contribution in [0.4, 0.5) is 4.39 Å². The number of halogens is 2. The molecule has 0 aliphatic rings. The minimum atomic E-state index is -0.418. The van der Waals surface area contributed by atoms with E-state index in [-0.39, 0.29) is 48.5 Å². The van der Waals surface area contributed by atoms with Crippen molar-refractivity contribution in [3.05, 3.63) is 35.1 Å². The number of aliphatic imine (C=N–C) groups is 1. The van der Waals surface area contributed by atoms with Crippen molar-refractivity contribution in [2.45, 2.75) is 39.8 Å². The van der Waals surface area contributed by atoms with E-state index in [4.69, 9.17) is 5.26 Å². The van der Waals surface area contributed by atoms with Crippen molar-refractivity contribution in [3.8, 4) is 6.07 Å². The maximum Gasteiger partial charge on any atom is 0.239 e. The Morgan fingerprint density at radius 1 is 1.32 bits per heavy atom. The minimum Gasteiger partial charge on any atom is -0.357 e. The number of nitrogens with one attached hydrogen (secondary N) is 3. The second kappa shape index (κ2) is 10.9. The minimum absolute atomic E-state index is 0. The molecule has 1 rings (SSSR count). The molecule has 0 aliphatic heterocycles. The van der Waals surface area contributed by atoms with Gasteiger partial charge in [0.25, 0.3) is 0 Å². The second-order valence-electron chi connectivity index (χ2n) is 6.26. The maximum atomic E-state index is 13.8. The third-order valence-corrected chi connectivity index (χ3v) is 2.86. The fourth-order valence-corrected chi connectivity index (χ4v) is 1.90. The van der Waals surface area contributed by atoms with E-state index in [1.807, 2.05) is 33.8 Å². The van der Waals surface area contributed by atoms with Gasteiger partial charge in [0, 0.05) is 17.6 Å². The third kappa shape index (κ3) is 9.24. The molecule has 138 valence electrons. The quantitative estimate of drug-likeness (QED) is 0.357. The Morgan fingerprint density at radius 3 is 2.56 bits per heavy atom. The zero-order valence-electron chi connectivity index (χ0n) is 14.9. The number of nitrogens with zero attached hydrogens (tertiary/aromatic N) is 2. The maximum absolute atomic E-state index is 13.8. The molecule has 0 saturated carbocycles. The summed E-state index contributed by atoms with van der Waals surface area (Å²) in [6.07, 6.45) is 0. The zero-order chi connectivity index (χ0) is 18.2. The van der Waals surface area contributed by atoms with Gasteiger partial charge in [0.05, 0.1) is 24.7 Å². The number of rotatable bonds is 5. The molecule has 8 heteroatoms. The fraction of sp³-hybridized carbons (Fsp3) is 0.471. The van der Waals surface area contributed by atoms with Crippen LogP contribution in [0.2, 0.25) is 0 Å². The molecular formula is C17H25FIN5O. The first-order valence-electron chi connectivity index (χ1n) is 7.77. The lowest BCUT2D eigenvalue weighted by Gasteiger charge is -2.21. The average Bonchev–Trinajstić information content (AvgIpc) is 2.49. The standard InChI is InChI=1S/C17H24FN5O.HI/c1-5-20-16(22-11-15(24)23-17(2,3)4)21-10-13-8-12(9-19)6-7-14(13)18;/h6-8H,5,10-11H2,1-4H3,(H,23,24)(H2,20,21,22);1H. The molecule has 6 nitrogen and oxygen atoms in total. The van der Waals surface area contributed by atoms with Crippen LogP contribution in [0.3, 0.4) is 0 Å². The largest absolute Gasteiger partial charge is 0.357 e. The van der Waals surface area contributed by atoms with Gasteiger partial charge < -0.3 is 16.0 Å². The Morgan fingerprint density at radius 2 is 2.00 bits per heavy atom. The first-order valence-corrected chi connectivity index (χ1v) is 7.77. The zero-order valence-corrected chi connectivity index (χ0v) is 17.3. The number of carbonyl (C=O) groups excluding carboxylic acids is 1. The topological polar surface area (TPSA) is 89.3 Å². The molecule has 1 aromatic rings. The highest BCUT2D eigenvalue weighted by Gasteiger charge is 2.13. The molecule has 0 spiro atoms. The Kier molecular flexibility index (Phi) is 10.0. The number of carbonyl (C=O) groups is 1. The van der Waals surface area contributed by atoms with E-state index in [0.29, 0.717) is 23.6 Å². The highest BCUT2D eigenvalue weighted by atomic mass is 127. The predicted octanol–water partition coefficient (Wildman–Crippen LogP) is 2.29. The predicted molar refractivity (Wildman–Crippen MR) is 107 cm³/mol. The summed E-state index contributed by atoms with van der Waals surface area (Å²) < 4.78 is 13.8. The van der Waals surface area contributed by atoms with Gasteiger partial charge in [-0.15, -0.1) is 24.0 Å². The van der Waals surface area contributed by atoms with Crippen LogP contribution in [0.25, 0.3) is 0 Å². The molecule has 25 heavy (non-hydrogen) atoms. The summed E-state index contributed by atoms with van der Waals surface area (Å²) in [5.41, 5.74) is 0.393. The number of hydrogen-bond acceptors (Lipinski definition) is 3. The van der Waals surface area contributed by atoms with Crippen LogP contribution in [-0.2, 0) is 11.3 Å². The number of benzene rings is 1. The van der Waals surface area contributed by atoms with Gasteiger partial charge >= 0.3 is 0 Å². The smallest absolute Gasteiger partial charge is 0.239 e. The third-order valence-electron chi connectivity index (χ3n) is 2.86. The molecule has 0 aromatic heterocycles. The average molecular weight is 461 g/mol. The SMILES string of the molecule is CCNC(=NCc1cc(C#N)ccc1F)NCC(=O)NC(C)(C)C.I. The summed E-state index contributed by atoms with van der Waals surface area (Å²) in [6, 6.07) is 6.11. The molecule has 1 aromatic carbocycles. The van der Waals surface area contributed by atoms with E-state index in [1.54, 1.807) is 0 Å². The molecule has 0 saturated heterocycles. The number of nitriles is 1. The summed E-state index contributed by atoms with van der Waals surface area (Å²) in [7, 11) is 0. The van der Waals surface area contributed by atoms with Crippen molar-refractivity contribution in [1.82, 2.24) is 16.0 Å². The van der Waals surface area contributed by atoms with Gasteiger partial charge in [0.2, 0.25) is 5.91 Å². The Balaban J connectivity index is 0.00000576. The van der Waals surface area contributed by atoms with Crippen molar-refractivity contribution in [1.29, 1.82) is 5.26 Å². The summed E-state index contributed by atoms with van der Waals surface area (Å²) >= 11 is 0. The van der Waals surface area contributed by atoms with E-state index in [9.17, 15) is 9.18 Å². The lowest BCUT2D eigenvalue weighted by atomic mass is 10.1. The van der Waals surface area contributed by atoms with Crippen molar-refractivity contribution in [2.24, 2.45) is 4.99 Å². The molecule has 0 fully saturated rings. The van der Waals surface area contributed by atoms with E-state index in [2.05, 4.69) is 20.9 Å². The summed E-state index contributed by atoms with van der Waals surface area (Å²) in [4.78, 5) is 16.1. The first-order chi connectivity index (χ1) is 11.2. The van der Waals surface area contributed by atoms with Crippen LogP contribution in [0, 0.1) is 17.1 Å². The van der Waals surface area contributed by atoms with Crippen LogP contribution < -0.4 is 16.0 Å². The monoisotopic (exact) mass is 461 g/mol. The lowest BCUT2D eigenvalue weighted by Crippen LogP contribution is -2.48. The Bertz CT molecular complexity index is 649. The van der Waals surface area contributed by atoms with Gasteiger partial charge in [-0.3, -0.25) is 4.79 Å². The fourth-order valence-electron chi connectivity index (χ4n) is 1.90. The summed E-state index contributed by atoms with van der Waals surface area (Å²) in [5, 5.41) is 17.6. The molecular weight excluding hydrogens is 436 g/mol. The molecule has 0 radical (unpaired) electrons. The molecule has 0 bridgehead atoms. The van der Waals surface area contributed by atoms with Crippen LogP contribution >= 0.6 is 24.0 Å². The highest BCUT2D eigenvalue weighted by Crippen LogP contribution is 2.11. The Hall–Kier alpha value is -1.89. The number of hydrogen-bond donors (Lipinski definition) is 3. The van der Waals surface area contributed by atoms with Crippen LogP contribution in [0.15, 0.2) is 23.2 Å². The highest BCUT2D eigenvalue weighted by molar-refractivity contribution is 14.0.